The molecule has 0 saturated heterocycles. The van der Waals surface area contributed by atoms with Crippen LogP contribution >= 0.6 is 11.3 Å². The number of carbonyl (C=O) groups is 3. The first-order valence-corrected chi connectivity index (χ1v) is 8.11. The van der Waals surface area contributed by atoms with Gasteiger partial charge in [-0.15, -0.1) is 11.3 Å². The van der Waals surface area contributed by atoms with Crippen molar-refractivity contribution < 1.29 is 19.1 Å². The van der Waals surface area contributed by atoms with Crippen LogP contribution in [0.25, 0.3) is 0 Å². The molecule has 118 valence electrons. The molecule has 1 aromatic carbocycles. The Kier molecular flexibility index (Phi) is 4.25. The molecule has 1 amide bonds. The van der Waals surface area contributed by atoms with E-state index >= 15 is 0 Å². The predicted octanol–water partition coefficient (Wildman–Crippen LogP) is 3.31. The summed E-state index contributed by atoms with van der Waals surface area (Å²) in [7, 11) is 1.31. The summed E-state index contributed by atoms with van der Waals surface area (Å²) in [5.74, 6) is -0.554. The second-order valence-electron chi connectivity index (χ2n) is 5.29. The zero-order chi connectivity index (χ0) is 16.4. The highest BCUT2D eigenvalue weighted by Crippen LogP contribution is 2.24. The topological polar surface area (TPSA) is 72.5 Å². The number of thiophene rings is 1. The van der Waals surface area contributed by atoms with Gasteiger partial charge in [-0.05, 0) is 36.6 Å². The molecule has 0 bridgehead atoms. The molecule has 5 nitrogen and oxygen atoms in total. The molecule has 1 aliphatic carbocycles. The number of benzene rings is 1. The normalized spacial score (nSPS) is 13.3. The summed E-state index contributed by atoms with van der Waals surface area (Å²) in [6, 6.07) is 6.73. The number of fused-ring (bicyclic) bond motifs is 1. The summed E-state index contributed by atoms with van der Waals surface area (Å²) in [5, 5.41) is 4.44. The van der Waals surface area contributed by atoms with E-state index in [0.717, 1.165) is 24.0 Å². The van der Waals surface area contributed by atoms with Crippen LogP contribution in [0.15, 0.2) is 29.6 Å². The Labute approximate surface area is 137 Å². The number of ketones is 1. The molecule has 0 unspecified atom stereocenters. The monoisotopic (exact) mass is 329 g/mol. The largest absolute Gasteiger partial charge is 0.465 e. The molecule has 1 aliphatic rings. The Hall–Kier alpha value is -2.47. The maximum Gasteiger partial charge on any atom is 0.348 e. The molecule has 0 aliphatic heterocycles. The van der Waals surface area contributed by atoms with Crippen molar-refractivity contribution in [1.82, 2.24) is 0 Å². The third-order valence-corrected chi connectivity index (χ3v) is 4.67. The molecule has 3 rings (SSSR count). The van der Waals surface area contributed by atoms with Gasteiger partial charge in [0.05, 0.1) is 12.8 Å². The molecule has 1 heterocycles. The van der Waals surface area contributed by atoms with E-state index in [1.165, 1.54) is 18.4 Å². The highest BCUT2D eigenvalue weighted by atomic mass is 32.1. The lowest BCUT2D eigenvalue weighted by molar-refractivity contribution is 0.0606. The van der Waals surface area contributed by atoms with Crippen LogP contribution in [0.3, 0.4) is 0 Å². The van der Waals surface area contributed by atoms with Gasteiger partial charge < -0.3 is 10.1 Å². The number of hydrogen-bond acceptors (Lipinski definition) is 5. The van der Waals surface area contributed by atoms with Crippen molar-refractivity contribution in [1.29, 1.82) is 0 Å². The third-order valence-electron chi connectivity index (χ3n) is 3.76. The van der Waals surface area contributed by atoms with E-state index in [-0.39, 0.29) is 11.7 Å². The predicted molar refractivity (Wildman–Crippen MR) is 87.3 cm³/mol. The highest BCUT2D eigenvalue weighted by molar-refractivity contribution is 7.12. The Balaban J connectivity index is 1.77. The summed E-state index contributed by atoms with van der Waals surface area (Å²) in [6.45, 7) is 0. The van der Waals surface area contributed by atoms with Gasteiger partial charge in [0.2, 0.25) is 0 Å². The number of Topliss-reactive ketones (excluding diaryl/α,β-unsaturated/α-hetero) is 1. The third kappa shape index (κ3) is 3.17. The minimum Gasteiger partial charge on any atom is -0.465 e. The fraction of sp³-hybridized carbons (Fsp3) is 0.235. The van der Waals surface area contributed by atoms with E-state index in [4.69, 9.17) is 0 Å². The lowest BCUT2D eigenvalue weighted by atomic mass is 9.89. The van der Waals surface area contributed by atoms with Gasteiger partial charge in [0.25, 0.3) is 5.91 Å². The molecule has 23 heavy (non-hydrogen) atoms. The summed E-state index contributed by atoms with van der Waals surface area (Å²) < 4.78 is 4.64. The van der Waals surface area contributed by atoms with Crippen molar-refractivity contribution in [2.75, 3.05) is 12.4 Å². The first-order valence-electron chi connectivity index (χ1n) is 7.23. The van der Waals surface area contributed by atoms with Gasteiger partial charge in [-0.3, -0.25) is 9.59 Å². The van der Waals surface area contributed by atoms with Crippen molar-refractivity contribution in [3.05, 3.63) is 51.2 Å². The molecule has 0 radical (unpaired) electrons. The summed E-state index contributed by atoms with van der Waals surface area (Å²) in [6.07, 6.45) is 2.21. The number of hydrogen-bond donors (Lipinski definition) is 1. The Morgan fingerprint density at radius 3 is 2.83 bits per heavy atom. The number of esters is 1. The quantitative estimate of drug-likeness (QED) is 0.877. The van der Waals surface area contributed by atoms with Crippen LogP contribution in [0.2, 0.25) is 0 Å². The maximum atomic E-state index is 12.3. The lowest BCUT2D eigenvalue weighted by Crippen LogP contribution is -2.15. The lowest BCUT2D eigenvalue weighted by Gasteiger charge is -2.15. The van der Waals surface area contributed by atoms with Gasteiger partial charge in [-0.25, -0.2) is 4.79 Å². The van der Waals surface area contributed by atoms with Gasteiger partial charge in [0.15, 0.2) is 5.78 Å². The first kappa shape index (κ1) is 15.4. The van der Waals surface area contributed by atoms with Gasteiger partial charge >= 0.3 is 5.97 Å². The van der Waals surface area contributed by atoms with E-state index in [1.807, 2.05) is 0 Å². The average Bonchev–Trinajstić information content (AvgIpc) is 3.02. The van der Waals surface area contributed by atoms with Gasteiger partial charge in [-0.2, -0.15) is 0 Å². The minimum absolute atomic E-state index is 0.138. The summed E-state index contributed by atoms with van der Waals surface area (Å²) >= 11 is 1.21. The molecule has 0 spiro atoms. The SMILES string of the molecule is COC(=O)c1cc(NC(=O)c2ccc3c(c2)CCCC3=O)cs1. The number of aryl methyl sites for hydroxylation is 1. The van der Waals surface area contributed by atoms with E-state index < -0.39 is 5.97 Å². The molecule has 0 atom stereocenters. The molecule has 1 aromatic heterocycles. The van der Waals surface area contributed by atoms with Crippen LogP contribution in [0.5, 0.6) is 0 Å². The number of rotatable bonds is 3. The number of nitrogens with one attached hydrogen (secondary N) is 1. The summed E-state index contributed by atoms with van der Waals surface area (Å²) in [5.41, 5.74) is 2.70. The van der Waals surface area contributed by atoms with Gasteiger partial charge in [0.1, 0.15) is 4.88 Å². The maximum absolute atomic E-state index is 12.3. The van der Waals surface area contributed by atoms with Crippen LogP contribution in [0.4, 0.5) is 5.69 Å². The van der Waals surface area contributed by atoms with Crippen molar-refractivity contribution in [2.45, 2.75) is 19.3 Å². The molecular weight excluding hydrogens is 314 g/mol. The van der Waals surface area contributed by atoms with Crippen LogP contribution < -0.4 is 5.32 Å². The van der Waals surface area contributed by atoms with Crippen molar-refractivity contribution in [3.63, 3.8) is 0 Å². The molecule has 0 fully saturated rings. The Morgan fingerprint density at radius 1 is 1.22 bits per heavy atom. The smallest absolute Gasteiger partial charge is 0.348 e. The highest BCUT2D eigenvalue weighted by Gasteiger charge is 2.19. The molecule has 0 saturated carbocycles. The van der Waals surface area contributed by atoms with Crippen LogP contribution in [-0.4, -0.2) is 24.8 Å². The molecular formula is C17H15NO4S. The van der Waals surface area contributed by atoms with Crippen LogP contribution in [0.1, 0.15) is 48.8 Å². The van der Waals surface area contributed by atoms with E-state index in [1.54, 1.807) is 29.6 Å². The Bertz CT molecular complexity index is 794. The average molecular weight is 329 g/mol. The molecule has 2 aromatic rings. The fourth-order valence-electron chi connectivity index (χ4n) is 2.60. The second kappa shape index (κ2) is 6.34. The van der Waals surface area contributed by atoms with Crippen LogP contribution in [-0.2, 0) is 11.2 Å². The number of amides is 1. The van der Waals surface area contributed by atoms with E-state index in [9.17, 15) is 14.4 Å². The Morgan fingerprint density at radius 2 is 2.04 bits per heavy atom. The van der Waals surface area contributed by atoms with Crippen LogP contribution in [0, 0.1) is 0 Å². The minimum atomic E-state index is -0.428. The van der Waals surface area contributed by atoms with Crippen molar-refractivity contribution in [3.8, 4) is 0 Å². The number of carbonyl (C=O) groups excluding carboxylic acids is 3. The zero-order valence-corrected chi connectivity index (χ0v) is 13.4. The fourth-order valence-corrected chi connectivity index (χ4v) is 3.36. The summed E-state index contributed by atoms with van der Waals surface area (Å²) in [4.78, 5) is 36.0. The van der Waals surface area contributed by atoms with Crippen molar-refractivity contribution >= 4 is 34.7 Å². The van der Waals surface area contributed by atoms with Gasteiger partial charge in [0, 0.05) is 22.9 Å². The van der Waals surface area contributed by atoms with Crippen molar-refractivity contribution in [2.24, 2.45) is 0 Å². The van der Waals surface area contributed by atoms with E-state index in [0.29, 0.717) is 22.5 Å². The first-order chi connectivity index (χ1) is 11.1. The van der Waals surface area contributed by atoms with E-state index in [2.05, 4.69) is 10.1 Å². The number of methoxy groups -OCH3 is 1. The number of anilines is 1. The number of ether oxygens (including phenoxy) is 1. The zero-order valence-electron chi connectivity index (χ0n) is 12.5. The standard InChI is InChI=1S/C17H15NO4S/c1-22-17(21)15-8-12(9-23-15)18-16(20)11-5-6-13-10(7-11)3-2-4-14(13)19/h5-9H,2-4H2,1H3,(H,18,20). The molecule has 6 heteroatoms. The van der Waals surface area contributed by atoms with Gasteiger partial charge in [-0.1, -0.05) is 6.07 Å². The molecule has 1 N–H and O–H groups in total. The second-order valence-corrected chi connectivity index (χ2v) is 6.21.